The van der Waals surface area contributed by atoms with Crippen LogP contribution in [-0.2, 0) is 11.8 Å². The van der Waals surface area contributed by atoms with Crippen molar-refractivity contribution < 1.29 is 4.79 Å². The van der Waals surface area contributed by atoms with Gasteiger partial charge in [-0.2, -0.15) is 0 Å². The van der Waals surface area contributed by atoms with Crippen molar-refractivity contribution in [1.82, 2.24) is 14.5 Å². The Labute approximate surface area is 139 Å². The average molecular weight is 329 g/mol. The van der Waals surface area contributed by atoms with Crippen molar-refractivity contribution in [3.8, 4) is 11.4 Å². The standard InChI is InChI=1S/C17H17ClN4O/c1-11(23)10-21(2)16-8-12(13(18)9-19-16)17-20-14-6-4-5-7-15(14)22(17)3/h4-9H,10H2,1-3H3. The molecular formula is C17H17ClN4O. The summed E-state index contributed by atoms with van der Waals surface area (Å²) in [6.07, 6.45) is 1.60. The van der Waals surface area contributed by atoms with Crippen molar-refractivity contribution in [3.05, 3.63) is 41.6 Å². The van der Waals surface area contributed by atoms with Crippen LogP contribution in [0.15, 0.2) is 36.5 Å². The van der Waals surface area contributed by atoms with Gasteiger partial charge in [0.25, 0.3) is 0 Å². The molecule has 0 radical (unpaired) electrons. The van der Waals surface area contributed by atoms with Crippen molar-refractivity contribution in [2.45, 2.75) is 6.92 Å². The second kappa shape index (κ2) is 6.01. The lowest BCUT2D eigenvalue weighted by molar-refractivity contribution is -0.115. The number of benzene rings is 1. The Morgan fingerprint density at radius 1 is 1.35 bits per heavy atom. The van der Waals surface area contributed by atoms with Crippen LogP contribution in [0.25, 0.3) is 22.4 Å². The molecule has 3 rings (SSSR count). The molecule has 6 heteroatoms. The SMILES string of the molecule is CC(=O)CN(C)c1cc(-c2nc3ccccc3n2C)c(Cl)cn1. The molecule has 2 aromatic heterocycles. The number of carbonyl (C=O) groups excluding carboxylic acids is 1. The van der Waals surface area contributed by atoms with Crippen LogP contribution in [0.1, 0.15) is 6.92 Å². The van der Waals surface area contributed by atoms with E-state index in [0.717, 1.165) is 22.4 Å². The van der Waals surface area contributed by atoms with Crippen LogP contribution in [0, 0.1) is 0 Å². The number of likely N-dealkylation sites (N-methyl/N-ethyl adjacent to an activating group) is 1. The zero-order valence-corrected chi connectivity index (χ0v) is 14.0. The van der Waals surface area contributed by atoms with Gasteiger partial charge in [-0.3, -0.25) is 4.79 Å². The summed E-state index contributed by atoms with van der Waals surface area (Å²) >= 11 is 6.34. The number of ketones is 1. The van der Waals surface area contributed by atoms with Crippen LogP contribution >= 0.6 is 11.6 Å². The second-order valence-corrected chi connectivity index (χ2v) is 5.97. The van der Waals surface area contributed by atoms with E-state index in [9.17, 15) is 4.79 Å². The summed E-state index contributed by atoms with van der Waals surface area (Å²) in [5.41, 5.74) is 2.75. The van der Waals surface area contributed by atoms with Gasteiger partial charge in [0, 0.05) is 25.9 Å². The fraction of sp³-hybridized carbons (Fsp3) is 0.235. The molecule has 3 aromatic rings. The van der Waals surface area contributed by atoms with Crippen LogP contribution in [0.3, 0.4) is 0 Å². The minimum absolute atomic E-state index is 0.0773. The first-order valence-electron chi connectivity index (χ1n) is 7.25. The van der Waals surface area contributed by atoms with Gasteiger partial charge in [-0.25, -0.2) is 9.97 Å². The maximum atomic E-state index is 11.3. The third-order valence-corrected chi connectivity index (χ3v) is 4.02. The first kappa shape index (κ1) is 15.5. The number of Topliss-reactive ketones (excluding diaryl/α,β-unsaturated/α-hetero) is 1. The molecule has 23 heavy (non-hydrogen) atoms. The fourth-order valence-corrected chi connectivity index (χ4v) is 2.80. The van der Waals surface area contributed by atoms with Gasteiger partial charge < -0.3 is 9.47 Å². The van der Waals surface area contributed by atoms with E-state index >= 15 is 0 Å². The molecule has 0 spiro atoms. The minimum Gasteiger partial charge on any atom is -0.352 e. The number of aromatic nitrogens is 3. The van der Waals surface area contributed by atoms with Crippen LogP contribution in [0.5, 0.6) is 0 Å². The van der Waals surface area contributed by atoms with Gasteiger partial charge in [-0.05, 0) is 25.1 Å². The second-order valence-electron chi connectivity index (χ2n) is 5.56. The summed E-state index contributed by atoms with van der Waals surface area (Å²) in [5, 5.41) is 0.531. The van der Waals surface area contributed by atoms with Crippen LogP contribution in [0.4, 0.5) is 5.82 Å². The molecule has 0 atom stereocenters. The number of pyridine rings is 1. The maximum Gasteiger partial charge on any atom is 0.149 e. The van der Waals surface area contributed by atoms with Crippen molar-refractivity contribution in [1.29, 1.82) is 0 Å². The zero-order valence-electron chi connectivity index (χ0n) is 13.2. The molecule has 0 saturated carbocycles. The van der Waals surface area contributed by atoms with Gasteiger partial charge >= 0.3 is 0 Å². The van der Waals surface area contributed by atoms with Crippen molar-refractivity contribution in [3.63, 3.8) is 0 Å². The number of halogens is 1. The largest absolute Gasteiger partial charge is 0.352 e. The Bertz CT molecular complexity index is 887. The molecule has 0 unspecified atom stereocenters. The summed E-state index contributed by atoms with van der Waals surface area (Å²) in [4.78, 5) is 22.1. The molecule has 1 aromatic carbocycles. The van der Waals surface area contributed by atoms with Gasteiger partial charge in [0.15, 0.2) is 0 Å². The molecule has 0 saturated heterocycles. The van der Waals surface area contributed by atoms with Crippen molar-refractivity contribution in [2.75, 3.05) is 18.5 Å². The van der Waals surface area contributed by atoms with E-state index < -0.39 is 0 Å². The molecule has 2 heterocycles. The Morgan fingerprint density at radius 2 is 2.09 bits per heavy atom. The van der Waals surface area contributed by atoms with Crippen molar-refractivity contribution >= 4 is 34.2 Å². The number of aryl methyl sites for hydroxylation is 1. The number of hydrogen-bond acceptors (Lipinski definition) is 4. The normalized spacial score (nSPS) is 11.0. The monoisotopic (exact) mass is 328 g/mol. The number of rotatable bonds is 4. The lowest BCUT2D eigenvalue weighted by atomic mass is 10.2. The number of hydrogen-bond donors (Lipinski definition) is 0. The number of fused-ring (bicyclic) bond motifs is 1. The quantitative estimate of drug-likeness (QED) is 0.737. The summed E-state index contributed by atoms with van der Waals surface area (Å²) in [6, 6.07) is 9.79. The number of nitrogens with zero attached hydrogens (tertiary/aromatic N) is 4. The van der Waals surface area contributed by atoms with E-state index in [0.29, 0.717) is 17.4 Å². The molecule has 0 aliphatic rings. The molecule has 5 nitrogen and oxygen atoms in total. The summed E-state index contributed by atoms with van der Waals surface area (Å²) < 4.78 is 2.01. The Hall–Kier alpha value is -2.40. The van der Waals surface area contributed by atoms with Crippen LogP contribution in [-0.4, -0.2) is 33.9 Å². The first-order valence-corrected chi connectivity index (χ1v) is 7.63. The molecule has 0 N–H and O–H groups in total. The molecular weight excluding hydrogens is 312 g/mol. The molecule has 0 aliphatic heterocycles. The van der Waals surface area contributed by atoms with E-state index in [4.69, 9.17) is 11.6 Å². The smallest absolute Gasteiger partial charge is 0.149 e. The molecule has 118 valence electrons. The summed E-state index contributed by atoms with van der Waals surface area (Å²) in [6.45, 7) is 1.86. The highest BCUT2D eigenvalue weighted by atomic mass is 35.5. The number of imidazole rings is 1. The van der Waals surface area contributed by atoms with Crippen molar-refractivity contribution in [2.24, 2.45) is 7.05 Å². The predicted octanol–water partition coefficient (Wildman–Crippen LogP) is 3.31. The first-order chi connectivity index (χ1) is 11.0. The van der Waals surface area contributed by atoms with Gasteiger partial charge in [-0.1, -0.05) is 23.7 Å². The van der Waals surface area contributed by atoms with E-state index in [-0.39, 0.29) is 5.78 Å². The van der Waals surface area contributed by atoms with Gasteiger partial charge in [-0.15, -0.1) is 0 Å². The number of para-hydroxylation sites is 2. The molecule has 0 amide bonds. The van der Waals surface area contributed by atoms with Gasteiger partial charge in [0.1, 0.15) is 17.4 Å². The minimum atomic E-state index is 0.0773. The highest BCUT2D eigenvalue weighted by molar-refractivity contribution is 6.33. The number of anilines is 1. The average Bonchev–Trinajstić information content (AvgIpc) is 2.84. The Kier molecular flexibility index (Phi) is 4.05. The van der Waals surface area contributed by atoms with Crippen LogP contribution < -0.4 is 4.90 Å². The third-order valence-electron chi connectivity index (χ3n) is 3.72. The van der Waals surface area contributed by atoms with E-state index in [1.54, 1.807) is 18.0 Å². The molecule has 0 bridgehead atoms. The maximum absolute atomic E-state index is 11.3. The Morgan fingerprint density at radius 3 is 2.78 bits per heavy atom. The van der Waals surface area contributed by atoms with Gasteiger partial charge in [0.05, 0.1) is 22.6 Å². The Balaban J connectivity index is 2.11. The molecule has 0 fully saturated rings. The highest BCUT2D eigenvalue weighted by Gasteiger charge is 2.15. The fourth-order valence-electron chi connectivity index (χ4n) is 2.61. The number of carbonyl (C=O) groups is 1. The third kappa shape index (κ3) is 2.92. The predicted molar refractivity (Wildman–Crippen MR) is 92.9 cm³/mol. The summed E-state index contributed by atoms with van der Waals surface area (Å²) in [7, 11) is 3.79. The van der Waals surface area contributed by atoms with E-state index in [1.807, 2.05) is 49.0 Å². The highest BCUT2D eigenvalue weighted by Crippen LogP contribution is 2.31. The topological polar surface area (TPSA) is 51.0 Å². The van der Waals surface area contributed by atoms with Crippen LogP contribution in [0.2, 0.25) is 5.02 Å². The summed E-state index contributed by atoms with van der Waals surface area (Å²) in [5.74, 6) is 1.54. The van der Waals surface area contributed by atoms with E-state index in [2.05, 4.69) is 9.97 Å². The lowest BCUT2D eigenvalue weighted by Gasteiger charge is -2.17. The zero-order chi connectivity index (χ0) is 16.6. The van der Waals surface area contributed by atoms with E-state index in [1.165, 1.54) is 0 Å². The molecule has 0 aliphatic carbocycles. The van der Waals surface area contributed by atoms with Gasteiger partial charge in [0.2, 0.25) is 0 Å². The lowest BCUT2D eigenvalue weighted by Crippen LogP contribution is -2.24.